The van der Waals surface area contributed by atoms with Crippen LogP contribution in [0.25, 0.3) is 11.3 Å². The summed E-state index contributed by atoms with van der Waals surface area (Å²) >= 11 is 0. The van der Waals surface area contributed by atoms with Crippen molar-refractivity contribution < 1.29 is 19.0 Å². The first-order chi connectivity index (χ1) is 14.7. The number of methoxy groups -OCH3 is 1. The lowest BCUT2D eigenvalue weighted by Crippen LogP contribution is -2.37. The lowest BCUT2D eigenvalue weighted by atomic mass is 10.1. The van der Waals surface area contributed by atoms with Crippen LogP contribution in [0.3, 0.4) is 0 Å². The first-order valence-corrected chi connectivity index (χ1v) is 9.46. The molecular formula is C21H21N5O4. The van der Waals surface area contributed by atoms with Crippen molar-refractivity contribution in [3.8, 4) is 17.0 Å². The number of hydrogen-bond donors (Lipinski definition) is 1. The Morgan fingerprint density at radius 3 is 2.77 bits per heavy atom. The van der Waals surface area contributed by atoms with Gasteiger partial charge in [0, 0.05) is 30.9 Å². The van der Waals surface area contributed by atoms with Crippen molar-refractivity contribution in [1.82, 2.24) is 15.0 Å². The standard InChI is InChI=1S/C21H21N5O4/c1-28-21(27)30-17-6-2-4-15(12-17)18-13-19(23-16-5-3-7-22-14-16)25-20(24-18)26-8-10-29-11-9-26/h2-7,12-14H,8-11H2,1H3,(H,23,24,25). The number of pyridine rings is 1. The Labute approximate surface area is 173 Å². The minimum Gasteiger partial charge on any atom is -0.437 e. The number of morpholine rings is 1. The first-order valence-electron chi connectivity index (χ1n) is 9.46. The zero-order chi connectivity index (χ0) is 20.8. The van der Waals surface area contributed by atoms with Crippen LogP contribution in [0.1, 0.15) is 0 Å². The molecule has 0 aliphatic carbocycles. The van der Waals surface area contributed by atoms with E-state index in [1.165, 1.54) is 7.11 Å². The van der Waals surface area contributed by atoms with Gasteiger partial charge >= 0.3 is 6.16 Å². The zero-order valence-electron chi connectivity index (χ0n) is 16.4. The normalized spacial score (nSPS) is 13.6. The second kappa shape index (κ2) is 9.19. The fourth-order valence-corrected chi connectivity index (χ4v) is 2.99. The molecule has 1 fully saturated rings. The van der Waals surface area contributed by atoms with E-state index in [1.54, 1.807) is 30.6 Å². The van der Waals surface area contributed by atoms with Crippen LogP contribution >= 0.6 is 0 Å². The molecule has 1 aromatic carbocycles. The Balaban J connectivity index is 1.70. The maximum absolute atomic E-state index is 11.4. The van der Waals surface area contributed by atoms with Crippen LogP contribution < -0.4 is 15.0 Å². The molecule has 0 unspecified atom stereocenters. The quantitative estimate of drug-likeness (QED) is 0.505. The lowest BCUT2D eigenvalue weighted by Gasteiger charge is -2.27. The predicted molar refractivity (Wildman–Crippen MR) is 111 cm³/mol. The smallest absolute Gasteiger partial charge is 0.437 e. The molecule has 0 atom stereocenters. The Kier molecular flexibility index (Phi) is 6.00. The van der Waals surface area contributed by atoms with Gasteiger partial charge in [0.15, 0.2) is 0 Å². The van der Waals surface area contributed by atoms with E-state index in [2.05, 4.69) is 24.9 Å². The molecule has 9 heteroatoms. The van der Waals surface area contributed by atoms with Gasteiger partial charge in [0.05, 0.1) is 37.9 Å². The van der Waals surface area contributed by atoms with Gasteiger partial charge in [-0.2, -0.15) is 4.98 Å². The number of nitrogens with zero attached hydrogens (tertiary/aromatic N) is 4. The third-order valence-electron chi connectivity index (χ3n) is 4.44. The van der Waals surface area contributed by atoms with Crippen molar-refractivity contribution in [1.29, 1.82) is 0 Å². The fraction of sp³-hybridized carbons (Fsp3) is 0.238. The van der Waals surface area contributed by atoms with E-state index in [9.17, 15) is 4.79 Å². The molecule has 3 heterocycles. The van der Waals surface area contributed by atoms with Crippen molar-refractivity contribution in [3.63, 3.8) is 0 Å². The van der Waals surface area contributed by atoms with Gasteiger partial charge in [-0.3, -0.25) is 4.98 Å². The first kappa shape index (κ1) is 19.6. The minimum absolute atomic E-state index is 0.368. The number of hydrogen-bond acceptors (Lipinski definition) is 9. The van der Waals surface area contributed by atoms with Crippen LogP contribution in [0, 0.1) is 0 Å². The van der Waals surface area contributed by atoms with Gasteiger partial charge in [0.1, 0.15) is 11.6 Å². The fourth-order valence-electron chi connectivity index (χ4n) is 2.99. The highest BCUT2D eigenvalue weighted by atomic mass is 16.7. The van der Waals surface area contributed by atoms with E-state index in [4.69, 9.17) is 14.5 Å². The van der Waals surface area contributed by atoms with Gasteiger partial charge in [0.25, 0.3) is 0 Å². The molecule has 3 aromatic rings. The van der Waals surface area contributed by atoms with Crippen molar-refractivity contribution >= 4 is 23.6 Å². The molecule has 2 aromatic heterocycles. The van der Waals surface area contributed by atoms with E-state index in [0.29, 0.717) is 49.5 Å². The monoisotopic (exact) mass is 407 g/mol. The molecule has 1 saturated heterocycles. The second-order valence-corrected chi connectivity index (χ2v) is 6.49. The number of ether oxygens (including phenoxy) is 3. The van der Waals surface area contributed by atoms with Gasteiger partial charge in [-0.05, 0) is 24.3 Å². The molecule has 0 bridgehead atoms. The summed E-state index contributed by atoms with van der Waals surface area (Å²) in [4.78, 5) is 27.1. The minimum atomic E-state index is -0.775. The average molecular weight is 407 g/mol. The summed E-state index contributed by atoms with van der Waals surface area (Å²) in [6, 6.07) is 12.7. The van der Waals surface area contributed by atoms with Crippen LogP contribution in [0.4, 0.5) is 22.2 Å². The molecule has 0 saturated carbocycles. The SMILES string of the molecule is COC(=O)Oc1cccc(-c2cc(Nc3cccnc3)nc(N3CCOCC3)n2)c1. The van der Waals surface area contributed by atoms with Crippen molar-refractivity contribution in [3.05, 3.63) is 54.9 Å². The number of benzene rings is 1. The van der Waals surface area contributed by atoms with E-state index in [0.717, 1.165) is 11.3 Å². The highest BCUT2D eigenvalue weighted by molar-refractivity contribution is 5.70. The van der Waals surface area contributed by atoms with E-state index in [1.807, 2.05) is 24.3 Å². The largest absolute Gasteiger partial charge is 0.513 e. The summed E-state index contributed by atoms with van der Waals surface area (Å²) < 4.78 is 15.1. The summed E-state index contributed by atoms with van der Waals surface area (Å²) in [5.41, 5.74) is 2.29. The van der Waals surface area contributed by atoms with Crippen LogP contribution in [0.5, 0.6) is 5.75 Å². The summed E-state index contributed by atoms with van der Waals surface area (Å²) in [5.74, 6) is 1.60. The van der Waals surface area contributed by atoms with Gasteiger partial charge in [0.2, 0.25) is 5.95 Å². The van der Waals surface area contributed by atoms with Crippen molar-refractivity contribution in [2.45, 2.75) is 0 Å². The number of aromatic nitrogens is 3. The number of nitrogens with one attached hydrogen (secondary N) is 1. The summed E-state index contributed by atoms with van der Waals surface area (Å²) in [6.07, 6.45) is 2.66. The van der Waals surface area contributed by atoms with Gasteiger partial charge in [-0.15, -0.1) is 0 Å². The summed E-state index contributed by atoms with van der Waals surface area (Å²) in [6.45, 7) is 2.67. The van der Waals surface area contributed by atoms with E-state index < -0.39 is 6.16 Å². The summed E-state index contributed by atoms with van der Waals surface area (Å²) in [5, 5.41) is 3.27. The van der Waals surface area contributed by atoms with Crippen LogP contribution in [0.15, 0.2) is 54.9 Å². The highest BCUT2D eigenvalue weighted by Gasteiger charge is 2.17. The molecule has 4 rings (SSSR count). The van der Waals surface area contributed by atoms with Crippen LogP contribution in [0.2, 0.25) is 0 Å². The van der Waals surface area contributed by atoms with Crippen molar-refractivity contribution in [2.75, 3.05) is 43.6 Å². The Hall–Kier alpha value is -3.72. The maximum atomic E-state index is 11.4. The molecular weight excluding hydrogens is 386 g/mol. The predicted octanol–water partition coefficient (Wildman–Crippen LogP) is 3.26. The zero-order valence-corrected chi connectivity index (χ0v) is 16.4. The molecule has 9 nitrogen and oxygen atoms in total. The third-order valence-corrected chi connectivity index (χ3v) is 4.44. The van der Waals surface area contributed by atoms with Crippen LogP contribution in [-0.4, -0.2) is 54.5 Å². The molecule has 1 aliphatic heterocycles. The van der Waals surface area contributed by atoms with Crippen LogP contribution in [-0.2, 0) is 9.47 Å². The number of rotatable bonds is 5. The van der Waals surface area contributed by atoms with Gasteiger partial charge in [-0.25, -0.2) is 9.78 Å². The topological polar surface area (TPSA) is 98.7 Å². The number of anilines is 3. The molecule has 1 N–H and O–H groups in total. The average Bonchev–Trinajstić information content (AvgIpc) is 2.80. The second-order valence-electron chi connectivity index (χ2n) is 6.49. The molecule has 0 radical (unpaired) electrons. The molecule has 1 aliphatic rings. The molecule has 0 amide bonds. The van der Waals surface area contributed by atoms with E-state index >= 15 is 0 Å². The third kappa shape index (κ3) is 4.81. The van der Waals surface area contributed by atoms with E-state index in [-0.39, 0.29) is 0 Å². The Morgan fingerprint density at radius 2 is 2.00 bits per heavy atom. The Bertz CT molecular complexity index is 1010. The highest BCUT2D eigenvalue weighted by Crippen LogP contribution is 2.27. The summed E-state index contributed by atoms with van der Waals surface area (Å²) in [7, 11) is 1.27. The maximum Gasteiger partial charge on any atom is 0.513 e. The lowest BCUT2D eigenvalue weighted by molar-refractivity contribution is 0.121. The van der Waals surface area contributed by atoms with Gasteiger partial charge < -0.3 is 24.4 Å². The molecule has 0 spiro atoms. The Morgan fingerprint density at radius 1 is 1.13 bits per heavy atom. The molecule has 154 valence electrons. The molecule has 30 heavy (non-hydrogen) atoms. The number of carbonyl (C=O) groups excluding carboxylic acids is 1. The van der Waals surface area contributed by atoms with Gasteiger partial charge in [-0.1, -0.05) is 12.1 Å². The number of carbonyl (C=O) groups is 1. The van der Waals surface area contributed by atoms with Crippen molar-refractivity contribution in [2.24, 2.45) is 0 Å².